The number of carbonyl (C=O) groups is 1. The highest BCUT2D eigenvalue weighted by atomic mass is 79.9. The van der Waals surface area contributed by atoms with Crippen molar-refractivity contribution in [2.45, 2.75) is 26.3 Å². The Kier molecular flexibility index (Phi) is 5.59. The predicted octanol–water partition coefficient (Wildman–Crippen LogP) is 4.79. The molecule has 1 aliphatic heterocycles. The van der Waals surface area contributed by atoms with Crippen molar-refractivity contribution in [1.82, 2.24) is 14.7 Å². The standard InChI is InChI=1S/C22H23BrN4O/c1-16-12-21(27(25-16)20-9-5-8-19(23)14-20)24-22(28)18-7-4-6-17(13-18)15-26-10-2-3-11-26/h4-9,12-14H,2-3,10-11,15H2,1H3,(H,24,28). The summed E-state index contributed by atoms with van der Waals surface area (Å²) in [6.07, 6.45) is 2.53. The van der Waals surface area contributed by atoms with Crippen molar-refractivity contribution in [2.75, 3.05) is 18.4 Å². The van der Waals surface area contributed by atoms with Crippen molar-refractivity contribution >= 4 is 27.7 Å². The number of likely N-dealkylation sites (tertiary alicyclic amines) is 1. The number of hydrogen-bond donors (Lipinski definition) is 1. The summed E-state index contributed by atoms with van der Waals surface area (Å²) in [7, 11) is 0. The van der Waals surface area contributed by atoms with Crippen molar-refractivity contribution < 1.29 is 4.79 Å². The average molecular weight is 439 g/mol. The number of carbonyl (C=O) groups excluding carboxylic acids is 1. The predicted molar refractivity (Wildman–Crippen MR) is 115 cm³/mol. The first-order valence-electron chi connectivity index (χ1n) is 9.54. The number of halogens is 1. The van der Waals surface area contributed by atoms with Gasteiger partial charge in [0.1, 0.15) is 5.82 Å². The molecule has 2 aromatic carbocycles. The van der Waals surface area contributed by atoms with Crippen LogP contribution in [0.25, 0.3) is 5.69 Å². The Morgan fingerprint density at radius 3 is 2.68 bits per heavy atom. The Labute approximate surface area is 173 Å². The molecule has 1 aliphatic rings. The van der Waals surface area contributed by atoms with Crippen LogP contribution in [0.4, 0.5) is 5.82 Å². The first-order chi connectivity index (χ1) is 13.6. The molecule has 0 atom stereocenters. The molecule has 0 bridgehead atoms. The Bertz CT molecular complexity index is 992. The van der Waals surface area contributed by atoms with Crippen molar-refractivity contribution in [3.05, 3.63) is 75.9 Å². The molecule has 0 spiro atoms. The van der Waals surface area contributed by atoms with Gasteiger partial charge in [-0.2, -0.15) is 5.10 Å². The lowest BCUT2D eigenvalue weighted by Crippen LogP contribution is -2.19. The lowest BCUT2D eigenvalue weighted by Gasteiger charge is -2.15. The van der Waals surface area contributed by atoms with Gasteiger partial charge >= 0.3 is 0 Å². The second-order valence-electron chi connectivity index (χ2n) is 7.20. The van der Waals surface area contributed by atoms with Crippen LogP contribution in [0, 0.1) is 6.92 Å². The third-order valence-corrected chi connectivity index (χ3v) is 5.41. The van der Waals surface area contributed by atoms with E-state index in [1.54, 1.807) is 4.68 Å². The molecule has 144 valence electrons. The first kappa shape index (κ1) is 18.9. The van der Waals surface area contributed by atoms with E-state index in [9.17, 15) is 4.79 Å². The summed E-state index contributed by atoms with van der Waals surface area (Å²) >= 11 is 3.49. The molecule has 1 saturated heterocycles. The number of nitrogens with zero attached hydrogens (tertiary/aromatic N) is 3. The van der Waals surface area contributed by atoms with E-state index in [0.29, 0.717) is 11.4 Å². The Balaban J connectivity index is 1.54. The number of benzene rings is 2. The third-order valence-electron chi connectivity index (χ3n) is 4.92. The molecule has 4 rings (SSSR count). The van der Waals surface area contributed by atoms with Crippen molar-refractivity contribution in [3.63, 3.8) is 0 Å². The lowest BCUT2D eigenvalue weighted by atomic mass is 10.1. The molecule has 0 saturated carbocycles. The van der Waals surface area contributed by atoms with E-state index in [-0.39, 0.29) is 5.91 Å². The minimum Gasteiger partial charge on any atom is -0.306 e. The van der Waals surface area contributed by atoms with Gasteiger partial charge in [-0.3, -0.25) is 9.69 Å². The van der Waals surface area contributed by atoms with Gasteiger partial charge in [-0.05, 0) is 68.8 Å². The van der Waals surface area contributed by atoms with Gasteiger partial charge in [0.05, 0.1) is 11.4 Å². The van der Waals surface area contributed by atoms with Gasteiger partial charge in [-0.25, -0.2) is 4.68 Å². The largest absolute Gasteiger partial charge is 0.306 e. The fourth-order valence-electron chi connectivity index (χ4n) is 3.59. The maximum atomic E-state index is 12.9. The zero-order valence-corrected chi connectivity index (χ0v) is 17.4. The molecule has 3 aromatic rings. The highest BCUT2D eigenvalue weighted by Crippen LogP contribution is 2.21. The van der Waals surface area contributed by atoms with Crippen LogP contribution in [-0.4, -0.2) is 33.7 Å². The molecule has 5 nitrogen and oxygen atoms in total. The van der Waals surface area contributed by atoms with E-state index in [2.05, 4.69) is 37.3 Å². The fourth-order valence-corrected chi connectivity index (χ4v) is 3.98. The summed E-state index contributed by atoms with van der Waals surface area (Å²) < 4.78 is 2.72. The van der Waals surface area contributed by atoms with Gasteiger partial charge in [0.2, 0.25) is 0 Å². The third kappa shape index (κ3) is 4.34. The number of nitrogens with one attached hydrogen (secondary N) is 1. The lowest BCUT2D eigenvalue weighted by molar-refractivity contribution is 0.102. The molecule has 6 heteroatoms. The highest BCUT2D eigenvalue weighted by molar-refractivity contribution is 9.10. The fraction of sp³-hybridized carbons (Fsp3) is 0.273. The molecule has 1 aromatic heterocycles. The van der Waals surface area contributed by atoms with E-state index < -0.39 is 0 Å². The van der Waals surface area contributed by atoms with Crippen LogP contribution in [0.2, 0.25) is 0 Å². The zero-order chi connectivity index (χ0) is 19.5. The monoisotopic (exact) mass is 438 g/mol. The first-order valence-corrected chi connectivity index (χ1v) is 10.3. The Morgan fingerprint density at radius 2 is 1.89 bits per heavy atom. The van der Waals surface area contributed by atoms with Gasteiger partial charge < -0.3 is 5.32 Å². The zero-order valence-electron chi connectivity index (χ0n) is 15.9. The van der Waals surface area contributed by atoms with Crippen LogP contribution < -0.4 is 5.32 Å². The minimum atomic E-state index is -0.126. The van der Waals surface area contributed by atoms with Crippen molar-refractivity contribution in [1.29, 1.82) is 0 Å². The summed E-state index contributed by atoms with van der Waals surface area (Å²) in [6.45, 7) is 5.10. The SMILES string of the molecule is Cc1cc(NC(=O)c2cccc(CN3CCCC3)c2)n(-c2cccc(Br)c2)n1. The van der Waals surface area contributed by atoms with E-state index in [0.717, 1.165) is 35.5 Å². The van der Waals surface area contributed by atoms with Crippen molar-refractivity contribution in [3.8, 4) is 5.69 Å². The van der Waals surface area contributed by atoms with Crippen LogP contribution in [0.5, 0.6) is 0 Å². The van der Waals surface area contributed by atoms with E-state index in [1.807, 2.05) is 55.5 Å². The number of hydrogen-bond acceptors (Lipinski definition) is 3. The van der Waals surface area contributed by atoms with Gasteiger partial charge in [0, 0.05) is 22.6 Å². The van der Waals surface area contributed by atoms with Crippen molar-refractivity contribution in [2.24, 2.45) is 0 Å². The summed E-state index contributed by atoms with van der Waals surface area (Å²) in [5.74, 6) is 0.532. The van der Waals surface area contributed by atoms with Crippen LogP contribution in [0.3, 0.4) is 0 Å². The molecule has 0 unspecified atom stereocenters. The molecule has 0 aliphatic carbocycles. The molecule has 2 heterocycles. The minimum absolute atomic E-state index is 0.126. The summed E-state index contributed by atoms with van der Waals surface area (Å²) in [6, 6.07) is 17.6. The summed E-state index contributed by atoms with van der Waals surface area (Å²) in [5.41, 5.74) is 3.57. The smallest absolute Gasteiger partial charge is 0.256 e. The molecule has 1 amide bonds. The van der Waals surface area contributed by atoms with E-state index in [4.69, 9.17) is 0 Å². The number of amides is 1. The van der Waals surface area contributed by atoms with E-state index in [1.165, 1.54) is 18.4 Å². The Hall–Kier alpha value is -2.44. The number of anilines is 1. The molecular formula is C22H23BrN4O. The summed E-state index contributed by atoms with van der Waals surface area (Å²) in [4.78, 5) is 15.3. The maximum Gasteiger partial charge on any atom is 0.256 e. The van der Waals surface area contributed by atoms with Crippen LogP contribution in [0.15, 0.2) is 59.1 Å². The van der Waals surface area contributed by atoms with Crippen LogP contribution in [0.1, 0.15) is 34.5 Å². The number of aryl methyl sites for hydroxylation is 1. The normalized spacial score (nSPS) is 14.4. The second kappa shape index (κ2) is 8.29. The van der Waals surface area contributed by atoms with Gasteiger partial charge in [-0.1, -0.05) is 34.1 Å². The molecule has 28 heavy (non-hydrogen) atoms. The second-order valence-corrected chi connectivity index (χ2v) is 8.12. The Morgan fingerprint density at radius 1 is 1.11 bits per heavy atom. The topological polar surface area (TPSA) is 50.2 Å². The molecular weight excluding hydrogens is 416 g/mol. The number of rotatable bonds is 5. The average Bonchev–Trinajstić information content (AvgIpc) is 3.31. The molecule has 0 radical (unpaired) electrons. The van der Waals surface area contributed by atoms with Gasteiger partial charge in [0.25, 0.3) is 5.91 Å². The highest BCUT2D eigenvalue weighted by Gasteiger charge is 2.15. The van der Waals surface area contributed by atoms with Crippen LogP contribution in [-0.2, 0) is 6.54 Å². The van der Waals surface area contributed by atoms with Gasteiger partial charge in [0.15, 0.2) is 0 Å². The summed E-state index contributed by atoms with van der Waals surface area (Å²) in [5, 5.41) is 7.55. The van der Waals surface area contributed by atoms with Gasteiger partial charge in [-0.15, -0.1) is 0 Å². The van der Waals surface area contributed by atoms with E-state index >= 15 is 0 Å². The molecule has 1 N–H and O–H groups in total. The van der Waals surface area contributed by atoms with Crippen LogP contribution >= 0.6 is 15.9 Å². The molecule has 1 fully saturated rings. The number of aromatic nitrogens is 2. The maximum absolute atomic E-state index is 12.9. The quantitative estimate of drug-likeness (QED) is 0.622.